The summed E-state index contributed by atoms with van der Waals surface area (Å²) >= 11 is 0. The zero-order valence-corrected chi connectivity index (χ0v) is 36.3. The number of nitrogens with two attached hydrogens (primary N) is 1. The van der Waals surface area contributed by atoms with Gasteiger partial charge in [0.15, 0.2) is 6.10 Å². The molecule has 9 nitrogen and oxygen atoms in total. The molecule has 2 unspecified atom stereocenters. The average molecular weight is 798 g/mol. The average Bonchev–Trinajstić information content (AvgIpc) is 3.17. The molecule has 10 heteroatoms. The second-order valence-corrected chi connectivity index (χ2v) is 16.4. The van der Waals surface area contributed by atoms with Crippen molar-refractivity contribution in [3.8, 4) is 0 Å². The molecular formula is C45H84NO8P. The van der Waals surface area contributed by atoms with Crippen LogP contribution in [0.5, 0.6) is 0 Å². The van der Waals surface area contributed by atoms with Crippen LogP contribution in [0, 0.1) is 0 Å². The topological polar surface area (TPSA) is 134 Å². The molecule has 0 rings (SSSR count). The zero-order chi connectivity index (χ0) is 40.3. The monoisotopic (exact) mass is 798 g/mol. The summed E-state index contributed by atoms with van der Waals surface area (Å²) in [4.78, 5) is 34.8. The van der Waals surface area contributed by atoms with Crippen molar-refractivity contribution in [3.63, 3.8) is 0 Å². The van der Waals surface area contributed by atoms with E-state index in [0.717, 1.165) is 70.6 Å². The molecule has 0 bridgehead atoms. The van der Waals surface area contributed by atoms with E-state index in [2.05, 4.69) is 50.3 Å². The first-order valence-electron chi connectivity index (χ1n) is 22.5. The van der Waals surface area contributed by atoms with Gasteiger partial charge in [-0.1, -0.05) is 166 Å². The minimum absolute atomic E-state index is 0.0519. The molecule has 0 aromatic carbocycles. The second-order valence-electron chi connectivity index (χ2n) is 14.9. The van der Waals surface area contributed by atoms with Crippen LogP contribution in [0.15, 0.2) is 36.5 Å². The number of hydrogen-bond donors (Lipinski definition) is 2. The Morgan fingerprint density at radius 2 is 0.964 bits per heavy atom. The first kappa shape index (κ1) is 53.2. The maximum Gasteiger partial charge on any atom is 0.472 e. The Balaban J connectivity index is 4.05. The molecule has 0 radical (unpaired) electrons. The van der Waals surface area contributed by atoms with E-state index in [4.69, 9.17) is 24.3 Å². The normalized spacial score (nSPS) is 13.6. The largest absolute Gasteiger partial charge is 0.472 e. The van der Waals surface area contributed by atoms with E-state index in [1.165, 1.54) is 103 Å². The minimum atomic E-state index is -4.38. The van der Waals surface area contributed by atoms with Gasteiger partial charge >= 0.3 is 19.8 Å². The van der Waals surface area contributed by atoms with E-state index in [1.54, 1.807) is 0 Å². The molecule has 0 aromatic heterocycles. The van der Waals surface area contributed by atoms with Crippen molar-refractivity contribution in [1.29, 1.82) is 0 Å². The second kappa shape index (κ2) is 41.9. The first-order valence-corrected chi connectivity index (χ1v) is 24.0. The molecular weight excluding hydrogens is 713 g/mol. The quantitative estimate of drug-likeness (QED) is 0.0268. The van der Waals surface area contributed by atoms with E-state index in [1.807, 2.05) is 0 Å². The van der Waals surface area contributed by atoms with Crippen LogP contribution in [-0.4, -0.2) is 49.3 Å². The molecule has 0 saturated carbocycles. The molecule has 0 aromatic rings. The van der Waals surface area contributed by atoms with Gasteiger partial charge in [-0.05, 0) is 64.2 Å². The van der Waals surface area contributed by atoms with Gasteiger partial charge < -0.3 is 20.1 Å². The lowest BCUT2D eigenvalue weighted by Crippen LogP contribution is -2.29. The minimum Gasteiger partial charge on any atom is -0.462 e. The number of ether oxygens (including phenoxy) is 2. The van der Waals surface area contributed by atoms with Crippen LogP contribution in [-0.2, 0) is 32.7 Å². The fraction of sp³-hybridized carbons (Fsp3) is 0.822. The van der Waals surface area contributed by atoms with E-state index in [9.17, 15) is 19.0 Å². The Hall–Kier alpha value is -1.77. The summed E-state index contributed by atoms with van der Waals surface area (Å²) in [5, 5.41) is 0. The molecule has 2 atom stereocenters. The smallest absolute Gasteiger partial charge is 0.462 e. The van der Waals surface area contributed by atoms with Crippen LogP contribution in [0.3, 0.4) is 0 Å². The summed E-state index contributed by atoms with van der Waals surface area (Å²) in [5.74, 6) is -0.840. The number of phosphoric ester groups is 1. The lowest BCUT2D eigenvalue weighted by Gasteiger charge is -2.19. The molecule has 0 amide bonds. The highest BCUT2D eigenvalue weighted by molar-refractivity contribution is 7.47. The van der Waals surface area contributed by atoms with Crippen molar-refractivity contribution in [2.24, 2.45) is 5.73 Å². The van der Waals surface area contributed by atoms with Gasteiger partial charge in [0.05, 0.1) is 13.2 Å². The molecule has 3 N–H and O–H groups in total. The van der Waals surface area contributed by atoms with Crippen LogP contribution < -0.4 is 5.73 Å². The van der Waals surface area contributed by atoms with Crippen LogP contribution in [0.2, 0.25) is 0 Å². The third-order valence-electron chi connectivity index (χ3n) is 9.50. The van der Waals surface area contributed by atoms with Crippen LogP contribution >= 0.6 is 7.82 Å². The van der Waals surface area contributed by atoms with Gasteiger partial charge in [0.2, 0.25) is 0 Å². The van der Waals surface area contributed by atoms with Crippen LogP contribution in [0.4, 0.5) is 0 Å². The highest BCUT2D eigenvalue weighted by Gasteiger charge is 2.26. The van der Waals surface area contributed by atoms with Gasteiger partial charge in [0, 0.05) is 19.4 Å². The molecule has 0 aliphatic carbocycles. The maximum atomic E-state index is 12.6. The van der Waals surface area contributed by atoms with Gasteiger partial charge in [0.25, 0.3) is 0 Å². The highest BCUT2D eigenvalue weighted by Crippen LogP contribution is 2.43. The van der Waals surface area contributed by atoms with Crippen molar-refractivity contribution < 1.29 is 37.6 Å². The Kier molecular flexibility index (Phi) is 40.5. The van der Waals surface area contributed by atoms with Gasteiger partial charge in [-0.25, -0.2) is 4.57 Å². The number of rotatable bonds is 42. The Morgan fingerprint density at radius 1 is 0.545 bits per heavy atom. The molecule has 0 aliphatic rings. The van der Waals surface area contributed by atoms with Crippen LogP contribution in [0.25, 0.3) is 0 Å². The Labute approximate surface area is 337 Å². The molecule has 322 valence electrons. The number of hydrogen-bond acceptors (Lipinski definition) is 8. The number of unbranched alkanes of at least 4 members (excludes halogenated alkanes) is 23. The third-order valence-corrected chi connectivity index (χ3v) is 10.5. The molecule has 0 spiro atoms. The van der Waals surface area contributed by atoms with Crippen LogP contribution in [0.1, 0.15) is 206 Å². The fourth-order valence-corrected chi connectivity index (χ4v) is 6.88. The molecule has 55 heavy (non-hydrogen) atoms. The lowest BCUT2D eigenvalue weighted by atomic mass is 10.0. The summed E-state index contributed by atoms with van der Waals surface area (Å²) in [6.07, 6.45) is 46.1. The highest BCUT2D eigenvalue weighted by atomic mass is 31.2. The van der Waals surface area contributed by atoms with Crippen molar-refractivity contribution in [1.82, 2.24) is 0 Å². The Morgan fingerprint density at radius 3 is 1.45 bits per heavy atom. The predicted octanol–water partition coefficient (Wildman–Crippen LogP) is 12.9. The lowest BCUT2D eigenvalue weighted by molar-refractivity contribution is -0.161. The molecule has 0 saturated heterocycles. The van der Waals surface area contributed by atoms with Crippen molar-refractivity contribution >= 4 is 19.8 Å². The molecule has 0 fully saturated rings. The summed E-state index contributed by atoms with van der Waals surface area (Å²) in [5.41, 5.74) is 5.34. The summed E-state index contributed by atoms with van der Waals surface area (Å²) in [6.45, 7) is 3.68. The molecule has 0 aliphatic heterocycles. The zero-order valence-electron chi connectivity index (χ0n) is 35.4. The summed E-state index contributed by atoms with van der Waals surface area (Å²) < 4.78 is 32.7. The van der Waals surface area contributed by atoms with Crippen molar-refractivity contribution in [2.75, 3.05) is 26.4 Å². The fourth-order valence-electron chi connectivity index (χ4n) is 6.12. The van der Waals surface area contributed by atoms with Gasteiger partial charge in [-0.15, -0.1) is 0 Å². The van der Waals surface area contributed by atoms with E-state index in [-0.39, 0.29) is 32.6 Å². The summed E-state index contributed by atoms with van der Waals surface area (Å²) in [6, 6.07) is 0. The molecule has 0 heterocycles. The van der Waals surface area contributed by atoms with E-state index < -0.39 is 32.5 Å². The summed E-state index contributed by atoms with van der Waals surface area (Å²) in [7, 11) is -4.38. The number of phosphoric acid groups is 1. The number of esters is 2. The maximum absolute atomic E-state index is 12.6. The predicted molar refractivity (Wildman–Crippen MR) is 229 cm³/mol. The van der Waals surface area contributed by atoms with Gasteiger partial charge in [-0.2, -0.15) is 0 Å². The van der Waals surface area contributed by atoms with Crippen molar-refractivity contribution in [2.45, 2.75) is 213 Å². The first-order chi connectivity index (χ1) is 26.8. The standard InChI is InChI=1S/C45H84NO8P/c1-3-5-7-9-11-13-15-16-17-18-19-20-21-22-23-24-25-26-28-30-32-34-36-38-45(48)54-43(42-53-55(49,50)52-40-39-46)41-51-44(47)37-35-33-31-29-27-14-12-10-8-6-4-2/h10,12,15-16,18-19,43H,3-9,11,13-14,17,20-42,46H2,1-2H3,(H,49,50)/b12-10-,16-15-,19-18-. The van der Waals surface area contributed by atoms with E-state index >= 15 is 0 Å². The van der Waals surface area contributed by atoms with Gasteiger partial charge in [0.1, 0.15) is 6.61 Å². The number of allylic oxidation sites excluding steroid dienone is 6. The number of carbonyl (C=O) groups excluding carboxylic acids is 2. The van der Waals surface area contributed by atoms with Crippen molar-refractivity contribution in [3.05, 3.63) is 36.5 Å². The SMILES string of the molecule is CCCC/C=C\CCCCCCCC(=O)OCC(COP(=O)(O)OCCN)OC(=O)CCCCCCCCCCCCC/C=C\C/C=C\CCCCCCC. The Bertz CT molecular complexity index is 1000. The third kappa shape index (κ3) is 41.7. The van der Waals surface area contributed by atoms with Gasteiger partial charge in [-0.3, -0.25) is 18.6 Å². The van der Waals surface area contributed by atoms with E-state index in [0.29, 0.717) is 6.42 Å². The number of carbonyl (C=O) groups is 2.